The molecule has 9 heteroatoms. The number of nitriles is 1. The minimum Gasteiger partial charge on any atom is -0.467 e. The number of carbonyl (C=O) groups excluding carboxylic acids is 1. The van der Waals surface area contributed by atoms with Gasteiger partial charge in [0.25, 0.3) is 5.56 Å². The average Bonchev–Trinajstić information content (AvgIpc) is 3.46. The normalized spacial score (nSPS) is 15.5. The molecule has 154 valence electrons. The van der Waals surface area contributed by atoms with Crippen LogP contribution in [0.1, 0.15) is 25.5 Å². The fourth-order valence-electron chi connectivity index (χ4n) is 3.32. The number of thioether (sulfide) groups is 1. The lowest BCUT2D eigenvalue weighted by Gasteiger charge is -2.22. The molecule has 1 N–H and O–H groups in total. The van der Waals surface area contributed by atoms with Crippen molar-refractivity contribution in [3.8, 4) is 6.07 Å². The van der Waals surface area contributed by atoms with E-state index in [1.807, 2.05) is 0 Å². The van der Waals surface area contributed by atoms with Gasteiger partial charge < -0.3 is 9.73 Å². The second kappa shape index (κ2) is 8.17. The number of rotatable bonds is 7. The van der Waals surface area contributed by atoms with Gasteiger partial charge in [-0.15, -0.1) is 0 Å². The molecule has 1 aliphatic carbocycles. The van der Waals surface area contributed by atoms with Gasteiger partial charge in [-0.1, -0.05) is 23.4 Å². The van der Waals surface area contributed by atoms with E-state index in [2.05, 4.69) is 16.4 Å². The van der Waals surface area contributed by atoms with Crippen molar-refractivity contribution < 1.29 is 9.21 Å². The third-order valence-corrected chi connectivity index (χ3v) is 6.35. The Labute approximate surface area is 182 Å². The van der Waals surface area contributed by atoms with Gasteiger partial charge in [0.05, 0.1) is 35.5 Å². The summed E-state index contributed by atoms with van der Waals surface area (Å²) in [6.45, 7) is 1.94. The van der Waals surface area contributed by atoms with Crippen molar-refractivity contribution in [3.05, 3.63) is 57.7 Å². The van der Waals surface area contributed by atoms with Crippen molar-refractivity contribution in [2.75, 3.05) is 5.75 Å². The van der Waals surface area contributed by atoms with Gasteiger partial charge >= 0.3 is 0 Å². The lowest BCUT2D eigenvalue weighted by Crippen LogP contribution is -2.47. The van der Waals surface area contributed by atoms with E-state index >= 15 is 0 Å². The van der Waals surface area contributed by atoms with Crippen LogP contribution < -0.4 is 10.9 Å². The van der Waals surface area contributed by atoms with Gasteiger partial charge in [0.2, 0.25) is 5.91 Å². The average molecular weight is 443 g/mol. The Kier molecular flexibility index (Phi) is 5.58. The number of nitrogens with zero attached hydrogens (tertiary/aromatic N) is 3. The second-order valence-corrected chi connectivity index (χ2v) is 8.83. The molecule has 3 aromatic rings. The molecule has 7 nitrogen and oxygen atoms in total. The monoisotopic (exact) mass is 442 g/mol. The molecule has 30 heavy (non-hydrogen) atoms. The standard InChI is InChI=1S/C21H19ClN4O3S/c1-21(12-23,13-4-5-13)25-18(27)11-30-20-24-17-9-14(22)6-7-16(17)19(28)26(20)10-15-3-2-8-29-15/h2-3,6-9,13H,4-5,10-11H2,1H3,(H,25,27). The third kappa shape index (κ3) is 4.23. The van der Waals surface area contributed by atoms with Crippen LogP contribution in [-0.2, 0) is 11.3 Å². The number of halogens is 1. The summed E-state index contributed by atoms with van der Waals surface area (Å²) < 4.78 is 6.87. The quantitative estimate of drug-likeness (QED) is 0.443. The highest BCUT2D eigenvalue weighted by atomic mass is 35.5. The predicted octanol–water partition coefficient (Wildman–Crippen LogP) is 3.59. The van der Waals surface area contributed by atoms with Crippen LogP contribution in [0.15, 0.2) is 51.0 Å². The minimum atomic E-state index is -0.865. The summed E-state index contributed by atoms with van der Waals surface area (Å²) in [7, 11) is 0. The molecule has 1 aromatic carbocycles. The number of furan rings is 1. The lowest BCUT2D eigenvalue weighted by atomic mass is 9.98. The topological polar surface area (TPSA) is 101 Å². The molecule has 0 bridgehead atoms. The molecule has 4 rings (SSSR count). The van der Waals surface area contributed by atoms with Gasteiger partial charge in [0, 0.05) is 5.02 Å². The van der Waals surface area contributed by atoms with Gasteiger partial charge in [-0.05, 0) is 56.0 Å². The Bertz CT molecular complexity index is 1200. The van der Waals surface area contributed by atoms with Gasteiger partial charge in [0.15, 0.2) is 5.16 Å². The molecule has 0 spiro atoms. The fourth-order valence-corrected chi connectivity index (χ4v) is 4.28. The maximum atomic E-state index is 13.1. The molecule has 1 atom stereocenters. The Morgan fingerprint density at radius 1 is 1.47 bits per heavy atom. The van der Waals surface area contributed by atoms with Gasteiger partial charge in [-0.2, -0.15) is 5.26 Å². The SMILES string of the molecule is CC(C#N)(NC(=O)CSc1nc2cc(Cl)ccc2c(=O)n1Cc1ccco1)C1CC1. The maximum absolute atomic E-state index is 13.1. The van der Waals surface area contributed by atoms with Crippen LogP contribution in [0, 0.1) is 17.2 Å². The van der Waals surface area contributed by atoms with E-state index in [-0.39, 0.29) is 29.7 Å². The first-order chi connectivity index (χ1) is 14.4. The lowest BCUT2D eigenvalue weighted by molar-refractivity contribution is -0.119. The smallest absolute Gasteiger partial charge is 0.262 e. The van der Waals surface area contributed by atoms with Crippen LogP contribution in [0.2, 0.25) is 5.02 Å². The Morgan fingerprint density at radius 2 is 2.27 bits per heavy atom. The second-order valence-electron chi connectivity index (χ2n) is 7.45. The highest BCUT2D eigenvalue weighted by Crippen LogP contribution is 2.39. The summed E-state index contributed by atoms with van der Waals surface area (Å²) in [5.41, 5.74) is -0.641. The van der Waals surface area contributed by atoms with Gasteiger partial charge in [-0.25, -0.2) is 4.98 Å². The van der Waals surface area contributed by atoms with Crippen LogP contribution >= 0.6 is 23.4 Å². The molecule has 1 aliphatic rings. The van der Waals surface area contributed by atoms with Gasteiger partial charge in [-0.3, -0.25) is 14.2 Å². The summed E-state index contributed by atoms with van der Waals surface area (Å²) in [6, 6.07) is 10.6. The number of fused-ring (bicyclic) bond motifs is 1. The van der Waals surface area contributed by atoms with Crippen molar-refractivity contribution in [1.82, 2.24) is 14.9 Å². The number of carbonyl (C=O) groups is 1. The highest BCUT2D eigenvalue weighted by molar-refractivity contribution is 7.99. The molecule has 0 radical (unpaired) electrons. The van der Waals surface area contributed by atoms with E-state index in [4.69, 9.17) is 16.0 Å². The van der Waals surface area contributed by atoms with Crippen LogP contribution in [0.5, 0.6) is 0 Å². The molecular formula is C21H19ClN4O3S. The summed E-state index contributed by atoms with van der Waals surface area (Å²) in [6.07, 6.45) is 3.41. The first-order valence-corrected chi connectivity index (χ1v) is 10.8. The summed E-state index contributed by atoms with van der Waals surface area (Å²) in [5, 5.41) is 13.6. The highest BCUT2D eigenvalue weighted by Gasteiger charge is 2.42. The van der Waals surface area contributed by atoms with E-state index < -0.39 is 5.54 Å². The van der Waals surface area contributed by atoms with Crippen molar-refractivity contribution in [3.63, 3.8) is 0 Å². The number of hydrogen-bond donors (Lipinski definition) is 1. The number of nitrogens with one attached hydrogen (secondary N) is 1. The number of hydrogen-bond acceptors (Lipinski definition) is 6. The summed E-state index contributed by atoms with van der Waals surface area (Å²) in [4.78, 5) is 30.2. The molecule has 0 saturated heterocycles. The number of benzene rings is 1. The first-order valence-electron chi connectivity index (χ1n) is 9.47. The molecule has 2 heterocycles. The van der Waals surface area contributed by atoms with E-state index in [0.29, 0.717) is 26.8 Å². The van der Waals surface area contributed by atoms with E-state index in [0.717, 1.165) is 24.6 Å². The van der Waals surface area contributed by atoms with Crippen molar-refractivity contribution >= 4 is 40.2 Å². The van der Waals surface area contributed by atoms with E-state index in [1.54, 1.807) is 37.3 Å². The molecule has 1 fully saturated rings. The van der Waals surface area contributed by atoms with E-state index in [1.165, 1.54) is 10.8 Å². The van der Waals surface area contributed by atoms with Crippen LogP contribution in [0.25, 0.3) is 10.9 Å². The Balaban J connectivity index is 1.62. The van der Waals surface area contributed by atoms with Crippen molar-refractivity contribution in [2.24, 2.45) is 5.92 Å². The fraction of sp³-hybridized carbons (Fsp3) is 0.333. The van der Waals surface area contributed by atoms with Crippen molar-refractivity contribution in [1.29, 1.82) is 5.26 Å². The number of aromatic nitrogens is 2. The van der Waals surface area contributed by atoms with Crippen molar-refractivity contribution in [2.45, 2.75) is 37.0 Å². The maximum Gasteiger partial charge on any atom is 0.262 e. The largest absolute Gasteiger partial charge is 0.467 e. The van der Waals surface area contributed by atoms with Crippen LogP contribution in [0.3, 0.4) is 0 Å². The van der Waals surface area contributed by atoms with E-state index in [9.17, 15) is 14.9 Å². The molecule has 0 aliphatic heterocycles. The number of amides is 1. The molecule has 1 unspecified atom stereocenters. The molecule has 2 aromatic heterocycles. The minimum absolute atomic E-state index is 0.0284. The summed E-state index contributed by atoms with van der Waals surface area (Å²) in [5.74, 6) is 0.542. The third-order valence-electron chi connectivity index (χ3n) is 5.13. The van der Waals surface area contributed by atoms with Gasteiger partial charge in [0.1, 0.15) is 11.3 Å². The van der Waals surface area contributed by atoms with Crippen LogP contribution in [0.4, 0.5) is 0 Å². The first kappa shape index (κ1) is 20.5. The zero-order chi connectivity index (χ0) is 21.3. The molecule has 1 amide bonds. The van der Waals surface area contributed by atoms with Crippen LogP contribution in [-0.4, -0.2) is 26.8 Å². The zero-order valence-corrected chi connectivity index (χ0v) is 17.8. The Morgan fingerprint density at radius 3 is 2.93 bits per heavy atom. The Hall–Kier alpha value is -2.76. The predicted molar refractivity (Wildman–Crippen MR) is 114 cm³/mol. The summed E-state index contributed by atoms with van der Waals surface area (Å²) >= 11 is 7.21. The zero-order valence-electron chi connectivity index (χ0n) is 16.2. The molecule has 1 saturated carbocycles. The molecular weight excluding hydrogens is 424 g/mol.